The molecule has 0 aromatic rings. The Morgan fingerprint density at radius 3 is 2.83 bits per heavy atom. The van der Waals surface area contributed by atoms with Crippen molar-refractivity contribution in [2.45, 2.75) is 25.8 Å². The van der Waals surface area contributed by atoms with Crippen LogP contribution in [-0.4, -0.2) is 28.7 Å². The molecule has 0 radical (unpaired) electrons. The number of nitrogens with zero attached hydrogens (tertiary/aromatic N) is 2. The molecule has 1 aliphatic heterocycles. The molecule has 1 rings (SSSR count). The number of rotatable bonds is 0. The number of nitriles is 1. The number of carboxylic acid groups (broad SMARTS) is 1. The van der Waals surface area contributed by atoms with Gasteiger partial charge in [-0.3, -0.25) is 0 Å². The molecular weight excluding hydrogens is 156 g/mol. The molecule has 1 fully saturated rings. The first-order valence-corrected chi connectivity index (χ1v) is 4.04. The average Bonchev–Trinajstić information content (AvgIpc) is 2.03. The lowest BCUT2D eigenvalue weighted by molar-refractivity contribution is 0.104. The molecule has 4 heteroatoms. The van der Waals surface area contributed by atoms with E-state index < -0.39 is 6.09 Å². The minimum absolute atomic E-state index is 0.0131. The van der Waals surface area contributed by atoms with Crippen LogP contribution >= 0.6 is 0 Å². The Morgan fingerprint density at radius 1 is 1.75 bits per heavy atom. The second kappa shape index (κ2) is 3.44. The number of piperidine rings is 1. The van der Waals surface area contributed by atoms with Crippen molar-refractivity contribution in [3.63, 3.8) is 0 Å². The van der Waals surface area contributed by atoms with Crippen LogP contribution in [0.1, 0.15) is 19.8 Å². The molecule has 1 saturated heterocycles. The summed E-state index contributed by atoms with van der Waals surface area (Å²) in [6.45, 7) is 2.34. The van der Waals surface area contributed by atoms with Gasteiger partial charge < -0.3 is 10.0 Å². The second-order valence-electron chi connectivity index (χ2n) is 3.18. The summed E-state index contributed by atoms with van der Waals surface area (Å²) in [5.41, 5.74) is 0. The number of hydrogen-bond acceptors (Lipinski definition) is 2. The van der Waals surface area contributed by atoms with Crippen LogP contribution in [0.5, 0.6) is 0 Å². The third-order valence-electron chi connectivity index (χ3n) is 2.30. The smallest absolute Gasteiger partial charge is 0.407 e. The largest absolute Gasteiger partial charge is 0.465 e. The van der Waals surface area contributed by atoms with Gasteiger partial charge in [-0.25, -0.2) is 4.79 Å². The molecule has 4 nitrogen and oxygen atoms in total. The van der Waals surface area contributed by atoms with Gasteiger partial charge in [-0.1, -0.05) is 0 Å². The first-order chi connectivity index (χ1) is 5.65. The predicted octanol–water partition coefficient (Wildman–Crippen LogP) is 1.29. The molecule has 0 spiro atoms. The number of carbonyl (C=O) groups is 1. The maximum atomic E-state index is 10.6. The molecule has 1 amide bonds. The molecular formula is C8H12N2O2. The van der Waals surface area contributed by atoms with Crippen molar-refractivity contribution in [3.8, 4) is 6.07 Å². The van der Waals surface area contributed by atoms with Crippen LogP contribution in [0, 0.1) is 17.2 Å². The van der Waals surface area contributed by atoms with Crippen LogP contribution in [0.3, 0.4) is 0 Å². The summed E-state index contributed by atoms with van der Waals surface area (Å²) < 4.78 is 0. The fraction of sp³-hybridized carbons (Fsp3) is 0.750. The molecule has 0 saturated carbocycles. The summed E-state index contributed by atoms with van der Waals surface area (Å²) in [5, 5.41) is 17.3. The highest BCUT2D eigenvalue weighted by Gasteiger charge is 2.27. The third kappa shape index (κ3) is 1.67. The van der Waals surface area contributed by atoms with Crippen LogP contribution in [0.15, 0.2) is 0 Å². The van der Waals surface area contributed by atoms with Gasteiger partial charge in [0.15, 0.2) is 0 Å². The van der Waals surface area contributed by atoms with E-state index in [1.807, 2.05) is 6.92 Å². The summed E-state index contributed by atoms with van der Waals surface area (Å²) >= 11 is 0. The number of amides is 1. The van der Waals surface area contributed by atoms with Crippen LogP contribution < -0.4 is 0 Å². The van der Waals surface area contributed by atoms with E-state index in [0.717, 1.165) is 0 Å². The quantitative estimate of drug-likeness (QED) is 0.592. The summed E-state index contributed by atoms with van der Waals surface area (Å²) in [6.07, 6.45) is 0.467. The molecule has 1 N–H and O–H groups in total. The van der Waals surface area contributed by atoms with Crippen LogP contribution in [0.25, 0.3) is 0 Å². The topological polar surface area (TPSA) is 64.3 Å². The van der Waals surface area contributed by atoms with Gasteiger partial charge in [0.05, 0.1) is 6.07 Å². The minimum atomic E-state index is -0.876. The Morgan fingerprint density at radius 2 is 2.42 bits per heavy atom. The summed E-state index contributed by atoms with van der Waals surface area (Å²) in [4.78, 5) is 12.0. The van der Waals surface area contributed by atoms with E-state index >= 15 is 0 Å². The van der Waals surface area contributed by atoms with Crippen molar-refractivity contribution in [2.24, 2.45) is 5.92 Å². The third-order valence-corrected chi connectivity index (χ3v) is 2.30. The lowest BCUT2D eigenvalue weighted by Crippen LogP contribution is -2.43. The maximum absolute atomic E-state index is 10.6. The molecule has 12 heavy (non-hydrogen) atoms. The SMILES string of the molecule is CC1CC(C#N)CCN1C(=O)O. The Balaban J connectivity index is 2.55. The fourth-order valence-electron chi connectivity index (χ4n) is 1.57. The Kier molecular flexibility index (Phi) is 2.54. The van der Waals surface area contributed by atoms with E-state index in [1.165, 1.54) is 4.90 Å². The summed E-state index contributed by atoms with van der Waals surface area (Å²) in [5.74, 6) is 0.0376. The zero-order valence-electron chi connectivity index (χ0n) is 7.03. The minimum Gasteiger partial charge on any atom is -0.465 e. The molecule has 0 bridgehead atoms. The van der Waals surface area contributed by atoms with Crippen LogP contribution in [-0.2, 0) is 0 Å². The van der Waals surface area contributed by atoms with Gasteiger partial charge in [-0.15, -0.1) is 0 Å². The van der Waals surface area contributed by atoms with Crippen molar-refractivity contribution in [1.29, 1.82) is 5.26 Å². The van der Waals surface area contributed by atoms with Gasteiger partial charge in [0.25, 0.3) is 0 Å². The predicted molar refractivity (Wildman–Crippen MR) is 42.5 cm³/mol. The Hall–Kier alpha value is -1.24. The highest BCUT2D eigenvalue weighted by molar-refractivity contribution is 5.65. The average molecular weight is 168 g/mol. The molecule has 2 atom stereocenters. The molecule has 0 aromatic heterocycles. The molecule has 1 aliphatic rings. The lowest BCUT2D eigenvalue weighted by atomic mass is 9.93. The summed E-state index contributed by atoms with van der Waals surface area (Å²) in [6, 6.07) is 2.16. The first kappa shape index (κ1) is 8.85. The molecule has 0 aliphatic carbocycles. The number of likely N-dealkylation sites (tertiary alicyclic amines) is 1. The van der Waals surface area contributed by atoms with E-state index in [4.69, 9.17) is 10.4 Å². The standard InChI is InChI=1S/C8H12N2O2/c1-6-4-7(5-9)2-3-10(6)8(11)12/h6-7H,2-4H2,1H3,(H,11,12). The van der Waals surface area contributed by atoms with Gasteiger partial charge in [0, 0.05) is 18.5 Å². The zero-order valence-corrected chi connectivity index (χ0v) is 7.03. The maximum Gasteiger partial charge on any atom is 0.407 e. The van der Waals surface area contributed by atoms with Gasteiger partial charge >= 0.3 is 6.09 Å². The van der Waals surface area contributed by atoms with Crippen molar-refractivity contribution >= 4 is 6.09 Å². The van der Waals surface area contributed by atoms with E-state index in [1.54, 1.807) is 0 Å². The van der Waals surface area contributed by atoms with E-state index in [0.29, 0.717) is 19.4 Å². The lowest BCUT2D eigenvalue weighted by Gasteiger charge is -2.33. The summed E-state index contributed by atoms with van der Waals surface area (Å²) in [7, 11) is 0. The van der Waals surface area contributed by atoms with Gasteiger partial charge in [-0.05, 0) is 19.8 Å². The molecule has 2 unspecified atom stereocenters. The molecule has 1 heterocycles. The zero-order chi connectivity index (χ0) is 9.14. The van der Waals surface area contributed by atoms with Crippen LogP contribution in [0.4, 0.5) is 4.79 Å². The van der Waals surface area contributed by atoms with E-state index in [2.05, 4.69) is 6.07 Å². The fourth-order valence-corrected chi connectivity index (χ4v) is 1.57. The molecule has 0 aromatic carbocycles. The second-order valence-corrected chi connectivity index (χ2v) is 3.18. The van der Waals surface area contributed by atoms with Crippen molar-refractivity contribution in [1.82, 2.24) is 4.90 Å². The highest BCUT2D eigenvalue weighted by Crippen LogP contribution is 2.21. The number of hydrogen-bond donors (Lipinski definition) is 1. The van der Waals surface area contributed by atoms with Crippen molar-refractivity contribution in [3.05, 3.63) is 0 Å². The van der Waals surface area contributed by atoms with Gasteiger partial charge in [0.2, 0.25) is 0 Å². The molecule has 66 valence electrons. The van der Waals surface area contributed by atoms with Crippen molar-refractivity contribution < 1.29 is 9.90 Å². The van der Waals surface area contributed by atoms with E-state index in [9.17, 15) is 4.79 Å². The Bertz CT molecular complexity index is 222. The Labute approximate surface area is 71.4 Å². The van der Waals surface area contributed by atoms with Gasteiger partial charge in [0.1, 0.15) is 0 Å². The monoisotopic (exact) mass is 168 g/mol. The first-order valence-electron chi connectivity index (χ1n) is 4.04. The van der Waals surface area contributed by atoms with E-state index in [-0.39, 0.29) is 12.0 Å². The normalized spacial score (nSPS) is 29.5. The van der Waals surface area contributed by atoms with Crippen LogP contribution in [0.2, 0.25) is 0 Å². The highest BCUT2D eigenvalue weighted by atomic mass is 16.4. The van der Waals surface area contributed by atoms with Crippen molar-refractivity contribution in [2.75, 3.05) is 6.54 Å². The van der Waals surface area contributed by atoms with Gasteiger partial charge in [-0.2, -0.15) is 5.26 Å².